The average Bonchev–Trinajstić information content (AvgIpc) is 3.54. The molecule has 9 heteroatoms. The van der Waals surface area contributed by atoms with Gasteiger partial charge in [0.2, 0.25) is 5.91 Å². The molecule has 0 radical (unpaired) electrons. The van der Waals surface area contributed by atoms with E-state index < -0.39 is 12.1 Å². The van der Waals surface area contributed by atoms with Crippen molar-refractivity contribution in [2.24, 2.45) is 5.92 Å². The van der Waals surface area contributed by atoms with Crippen LogP contribution in [0.4, 0.5) is 5.69 Å². The van der Waals surface area contributed by atoms with E-state index in [1.165, 1.54) is 0 Å². The number of amides is 3. The van der Waals surface area contributed by atoms with Crippen molar-refractivity contribution in [3.05, 3.63) is 65.7 Å². The largest absolute Gasteiger partial charge is 0.378 e. The van der Waals surface area contributed by atoms with Gasteiger partial charge >= 0.3 is 0 Å². The molecule has 2 unspecified atom stereocenters. The quantitative estimate of drug-likeness (QED) is 0.588. The lowest BCUT2D eigenvalue weighted by Crippen LogP contribution is -2.53. The molecule has 0 aromatic heterocycles. The van der Waals surface area contributed by atoms with Crippen molar-refractivity contribution in [2.75, 3.05) is 44.3 Å². The van der Waals surface area contributed by atoms with Crippen LogP contribution in [-0.4, -0.2) is 90.8 Å². The highest BCUT2D eigenvalue weighted by Gasteiger charge is 2.52. The van der Waals surface area contributed by atoms with E-state index in [9.17, 15) is 19.2 Å². The molecule has 3 atom stereocenters. The first kappa shape index (κ1) is 26.9. The molecule has 0 bridgehead atoms. The molecular formula is C30H36N4O5. The van der Waals surface area contributed by atoms with Gasteiger partial charge in [-0.25, -0.2) is 0 Å². The number of carbonyl (C=O) groups excluding carboxylic acids is 4. The van der Waals surface area contributed by atoms with E-state index in [1.807, 2.05) is 32.0 Å². The summed E-state index contributed by atoms with van der Waals surface area (Å²) in [5.41, 5.74) is 2.03. The molecule has 5 rings (SSSR count). The van der Waals surface area contributed by atoms with Crippen LogP contribution in [-0.2, 0) is 14.3 Å². The number of ketones is 1. The van der Waals surface area contributed by atoms with Crippen LogP contribution in [0.3, 0.4) is 0 Å². The Hall–Kier alpha value is -3.72. The normalized spacial score (nSPS) is 21.7. The number of benzene rings is 2. The summed E-state index contributed by atoms with van der Waals surface area (Å²) in [4.78, 5) is 58.6. The zero-order chi connectivity index (χ0) is 27.5. The zero-order valence-electron chi connectivity index (χ0n) is 22.5. The maximum Gasteiger partial charge on any atom is 0.254 e. The van der Waals surface area contributed by atoms with Gasteiger partial charge in [0.15, 0.2) is 5.78 Å². The second kappa shape index (κ2) is 11.6. The fourth-order valence-corrected chi connectivity index (χ4v) is 5.87. The highest BCUT2D eigenvalue weighted by atomic mass is 16.5. The van der Waals surface area contributed by atoms with Gasteiger partial charge in [0.05, 0.1) is 25.8 Å². The van der Waals surface area contributed by atoms with Crippen LogP contribution in [0.15, 0.2) is 54.6 Å². The Kier molecular flexibility index (Phi) is 7.97. The van der Waals surface area contributed by atoms with E-state index in [1.54, 1.807) is 46.2 Å². The molecule has 3 saturated heterocycles. The van der Waals surface area contributed by atoms with Gasteiger partial charge in [-0.2, -0.15) is 0 Å². The van der Waals surface area contributed by atoms with Crippen LogP contribution < -0.4 is 10.2 Å². The van der Waals surface area contributed by atoms with Crippen molar-refractivity contribution in [1.82, 2.24) is 15.1 Å². The fourth-order valence-electron chi connectivity index (χ4n) is 5.87. The topological polar surface area (TPSA) is 99.3 Å². The molecule has 0 spiro atoms. The standard InChI is InChI=1S/C30H36N4O5/c1-20(2)18-24(31-28(36)21-8-10-23(11-9-21)32-14-16-39-17-15-32)30(38)33-13-12-25-27(33)26(35)19-34(25)29(37)22-6-4-3-5-7-22/h3-11,20,24-25,27H,12-19H2,1-2H3,(H,31,36)/t24-,25?,27?/m0/s1. The third kappa shape index (κ3) is 5.68. The van der Waals surface area contributed by atoms with Crippen molar-refractivity contribution in [3.8, 4) is 0 Å². The number of nitrogens with zero attached hydrogens (tertiary/aromatic N) is 3. The molecule has 0 aliphatic carbocycles. The van der Waals surface area contributed by atoms with E-state index >= 15 is 0 Å². The Bertz CT molecular complexity index is 1210. The lowest BCUT2D eigenvalue weighted by Gasteiger charge is -2.29. The Morgan fingerprint density at radius 1 is 0.923 bits per heavy atom. The number of Topliss-reactive ketones (excluding diaryl/α,β-unsaturated/α-hetero) is 1. The third-order valence-corrected chi connectivity index (χ3v) is 7.80. The lowest BCUT2D eigenvalue weighted by atomic mass is 10.0. The van der Waals surface area contributed by atoms with Gasteiger partial charge in [-0.05, 0) is 55.2 Å². The highest BCUT2D eigenvalue weighted by molar-refractivity contribution is 6.03. The predicted molar refractivity (Wildman–Crippen MR) is 147 cm³/mol. The number of anilines is 1. The summed E-state index contributed by atoms with van der Waals surface area (Å²) in [6, 6.07) is 14.5. The number of nitrogens with one attached hydrogen (secondary N) is 1. The monoisotopic (exact) mass is 532 g/mol. The number of carbonyl (C=O) groups is 4. The maximum absolute atomic E-state index is 13.8. The first-order valence-corrected chi connectivity index (χ1v) is 13.8. The average molecular weight is 533 g/mol. The Labute approximate surface area is 229 Å². The third-order valence-electron chi connectivity index (χ3n) is 7.80. The van der Waals surface area contributed by atoms with Gasteiger partial charge in [0, 0.05) is 36.4 Å². The molecule has 2 aromatic rings. The molecule has 2 aromatic carbocycles. The number of likely N-dealkylation sites (tertiary alicyclic amines) is 2. The summed E-state index contributed by atoms with van der Waals surface area (Å²) >= 11 is 0. The van der Waals surface area contributed by atoms with Crippen molar-refractivity contribution in [2.45, 2.75) is 44.8 Å². The second-order valence-electron chi connectivity index (χ2n) is 10.9. The predicted octanol–water partition coefficient (Wildman–Crippen LogP) is 2.36. The SMILES string of the molecule is CC(C)C[C@H](NC(=O)c1ccc(N2CCOCC2)cc1)C(=O)N1CCC2C1C(=O)CN2C(=O)c1ccccc1. The summed E-state index contributed by atoms with van der Waals surface area (Å²) < 4.78 is 5.41. The molecule has 3 amide bonds. The van der Waals surface area contributed by atoms with Crippen LogP contribution >= 0.6 is 0 Å². The molecule has 3 aliphatic heterocycles. The summed E-state index contributed by atoms with van der Waals surface area (Å²) in [5.74, 6) is -0.771. The summed E-state index contributed by atoms with van der Waals surface area (Å²) in [6.45, 7) is 7.33. The summed E-state index contributed by atoms with van der Waals surface area (Å²) in [5, 5.41) is 2.94. The minimum Gasteiger partial charge on any atom is -0.378 e. The van der Waals surface area contributed by atoms with Crippen molar-refractivity contribution in [3.63, 3.8) is 0 Å². The van der Waals surface area contributed by atoms with Gasteiger partial charge < -0.3 is 24.8 Å². The molecule has 0 saturated carbocycles. The van der Waals surface area contributed by atoms with Crippen molar-refractivity contribution >= 4 is 29.2 Å². The Balaban J connectivity index is 1.28. The zero-order valence-corrected chi connectivity index (χ0v) is 22.5. The van der Waals surface area contributed by atoms with Crippen molar-refractivity contribution < 1.29 is 23.9 Å². The van der Waals surface area contributed by atoms with E-state index in [2.05, 4.69) is 10.2 Å². The molecule has 39 heavy (non-hydrogen) atoms. The number of rotatable bonds is 7. The van der Waals surface area contributed by atoms with E-state index in [0.717, 1.165) is 18.8 Å². The maximum atomic E-state index is 13.8. The molecule has 206 valence electrons. The number of fused-ring (bicyclic) bond motifs is 1. The van der Waals surface area contributed by atoms with Crippen LogP contribution in [0.2, 0.25) is 0 Å². The van der Waals surface area contributed by atoms with Crippen molar-refractivity contribution in [1.29, 1.82) is 0 Å². The highest BCUT2D eigenvalue weighted by Crippen LogP contribution is 2.32. The Morgan fingerprint density at radius 3 is 2.28 bits per heavy atom. The minimum absolute atomic E-state index is 0.0104. The lowest BCUT2D eigenvalue weighted by molar-refractivity contribution is -0.138. The molecule has 1 N–H and O–H groups in total. The molecule has 3 fully saturated rings. The van der Waals surface area contributed by atoms with E-state index in [4.69, 9.17) is 4.74 Å². The van der Waals surface area contributed by atoms with Crippen LogP contribution in [0, 0.1) is 5.92 Å². The van der Waals surface area contributed by atoms with Gasteiger partial charge in [0.25, 0.3) is 11.8 Å². The minimum atomic E-state index is -0.762. The van der Waals surface area contributed by atoms with Gasteiger partial charge in [-0.3, -0.25) is 19.2 Å². The second-order valence-corrected chi connectivity index (χ2v) is 10.9. The smallest absolute Gasteiger partial charge is 0.254 e. The first-order chi connectivity index (χ1) is 18.8. The summed E-state index contributed by atoms with van der Waals surface area (Å²) in [7, 11) is 0. The molecule has 3 heterocycles. The Morgan fingerprint density at radius 2 is 1.62 bits per heavy atom. The van der Waals surface area contributed by atoms with Crippen LogP contribution in [0.5, 0.6) is 0 Å². The van der Waals surface area contributed by atoms with E-state index in [0.29, 0.717) is 43.7 Å². The van der Waals surface area contributed by atoms with Gasteiger partial charge in [0.1, 0.15) is 12.1 Å². The molecule has 9 nitrogen and oxygen atoms in total. The van der Waals surface area contributed by atoms with Crippen LogP contribution in [0.25, 0.3) is 0 Å². The van der Waals surface area contributed by atoms with Gasteiger partial charge in [-0.15, -0.1) is 0 Å². The van der Waals surface area contributed by atoms with E-state index in [-0.39, 0.29) is 42.0 Å². The first-order valence-electron chi connectivity index (χ1n) is 13.8. The molecule has 3 aliphatic rings. The summed E-state index contributed by atoms with van der Waals surface area (Å²) in [6.07, 6.45) is 0.983. The van der Waals surface area contributed by atoms with Gasteiger partial charge in [-0.1, -0.05) is 32.0 Å². The number of hydrogen-bond acceptors (Lipinski definition) is 6. The fraction of sp³-hybridized carbons (Fsp3) is 0.467. The molecular weight excluding hydrogens is 496 g/mol. The number of ether oxygens (including phenoxy) is 1. The number of hydrogen-bond donors (Lipinski definition) is 1. The number of morpholine rings is 1. The van der Waals surface area contributed by atoms with Crippen LogP contribution in [0.1, 0.15) is 47.4 Å².